The molecule has 4 nitrogen and oxygen atoms in total. The second kappa shape index (κ2) is 6.90. The van der Waals surface area contributed by atoms with Gasteiger partial charge in [-0.25, -0.2) is 9.97 Å². The Morgan fingerprint density at radius 2 is 2.00 bits per heavy atom. The first-order valence-corrected chi connectivity index (χ1v) is 6.80. The molecular formula is C13H23ClN4. The van der Waals surface area contributed by atoms with Gasteiger partial charge in [-0.1, -0.05) is 32.4 Å². The minimum Gasteiger partial charge on any atom is -0.368 e. The topological polar surface area (TPSA) is 41.0 Å². The predicted molar refractivity (Wildman–Crippen MR) is 77.5 cm³/mol. The summed E-state index contributed by atoms with van der Waals surface area (Å²) in [6, 6.07) is 0. The van der Waals surface area contributed by atoms with Gasteiger partial charge in [0.2, 0.25) is 0 Å². The van der Waals surface area contributed by atoms with E-state index in [1.165, 1.54) is 0 Å². The Morgan fingerprint density at radius 1 is 1.33 bits per heavy atom. The van der Waals surface area contributed by atoms with Crippen LogP contribution in [0.2, 0.25) is 5.15 Å². The minimum atomic E-state index is 0.280. The predicted octanol–water partition coefficient (Wildman–Crippen LogP) is 2.93. The van der Waals surface area contributed by atoms with Crippen LogP contribution < -0.4 is 5.32 Å². The Hall–Kier alpha value is -0.870. The minimum absolute atomic E-state index is 0.280. The zero-order valence-electron chi connectivity index (χ0n) is 11.9. The zero-order chi connectivity index (χ0) is 13.7. The van der Waals surface area contributed by atoms with Crippen molar-refractivity contribution in [2.45, 2.75) is 33.6 Å². The average Bonchev–Trinajstić information content (AvgIpc) is 2.33. The Bertz CT molecular complexity index is 393. The third-order valence-corrected chi connectivity index (χ3v) is 3.31. The molecule has 1 aromatic heterocycles. The van der Waals surface area contributed by atoms with E-state index in [0.717, 1.165) is 36.8 Å². The Kier molecular flexibility index (Phi) is 5.82. The van der Waals surface area contributed by atoms with Gasteiger partial charge in [-0.3, -0.25) is 0 Å². The van der Waals surface area contributed by atoms with Crippen LogP contribution in [0.1, 0.15) is 38.1 Å². The number of nitrogens with zero attached hydrogens (tertiary/aromatic N) is 3. The van der Waals surface area contributed by atoms with Crippen LogP contribution in [0, 0.1) is 6.92 Å². The first-order chi connectivity index (χ1) is 8.45. The molecule has 0 bridgehead atoms. The highest BCUT2D eigenvalue weighted by atomic mass is 35.5. The molecule has 0 spiro atoms. The normalized spacial score (nSPS) is 11.3. The maximum Gasteiger partial charge on any atom is 0.137 e. The van der Waals surface area contributed by atoms with Gasteiger partial charge < -0.3 is 10.2 Å². The lowest BCUT2D eigenvalue weighted by Gasteiger charge is -2.16. The molecule has 18 heavy (non-hydrogen) atoms. The molecule has 102 valence electrons. The van der Waals surface area contributed by atoms with Crippen molar-refractivity contribution < 1.29 is 0 Å². The third kappa shape index (κ3) is 4.10. The SMILES string of the molecule is CCN(C)CCNc1nc(C(C)C)nc(Cl)c1C. The van der Waals surface area contributed by atoms with Crippen LogP contribution in [0.25, 0.3) is 0 Å². The van der Waals surface area contributed by atoms with Gasteiger partial charge in [-0.15, -0.1) is 0 Å². The Labute approximate surface area is 115 Å². The number of rotatable bonds is 6. The van der Waals surface area contributed by atoms with Gasteiger partial charge in [0.25, 0.3) is 0 Å². The molecule has 1 rings (SSSR count). The van der Waals surface area contributed by atoms with Crippen molar-refractivity contribution in [1.82, 2.24) is 14.9 Å². The summed E-state index contributed by atoms with van der Waals surface area (Å²) < 4.78 is 0. The van der Waals surface area contributed by atoms with Gasteiger partial charge in [0.1, 0.15) is 16.8 Å². The summed E-state index contributed by atoms with van der Waals surface area (Å²) in [6.45, 7) is 11.1. The summed E-state index contributed by atoms with van der Waals surface area (Å²) in [5.41, 5.74) is 0.917. The Morgan fingerprint density at radius 3 is 2.56 bits per heavy atom. The van der Waals surface area contributed by atoms with Crippen molar-refractivity contribution in [2.24, 2.45) is 0 Å². The fraction of sp³-hybridized carbons (Fsp3) is 0.692. The van der Waals surface area contributed by atoms with Crippen molar-refractivity contribution in [1.29, 1.82) is 0 Å². The highest BCUT2D eigenvalue weighted by Gasteiger charge is 2.11. The van der Waals surface area contributed by atoms with Crippen LogP contribution in [-0.2, 0) is 0 Å². The number of nitrogens with one attached hydrogen (secondary N) is 1. The first-order valence-electron chi connectivity index (χ1n) is 6.42. The summed E-state index contributed by atoms with van der Waals surface area (Å²) in [6.07, 6.45) is 0. The maximum atomic E-state index is 6.13. The van der Waals surface area contributed by atoms with E-state index < -0.39 is 0 Å². The molecule has 0 aromatic carbocycles. The zero-order valence-corrected chi connectivity index (χ0v) is 12.7. The van der Waals surface area contributed by atoms with E-state index in [1.807, 2.05) is 6.92 Å². The van der Waals surface area contributed by atoms with E-state index in [0.29, 0.717) is 5.15 Å². The highest BCUT2D eigenvalue weighted by molar-refractivity contribution is 6.30. The number of aromatic nitrogens is 2. The molecule has 5 heteroatoms. The summed E-state index contributed by atoms with van der Waals surface area (Å²) >= 11 is 6.13. The fourth-order valence-corrected chi connectivity index (χ4v) is 1.64. The van der Waals surface area contributed by atoms with Gasteiger partial charge in [-0.2, -0.15) is 0 Å². The standard InChI is InChI=1S/C13H23ClN4/c1-6-18(5)8-7-15-13-10(4)11(14)16-12(17-13)9(2)3/h9H,6-8H2,1-5H3,(H,15,16,17). The molecule has 1 aromatic rings. The molecule has 0 atom stereocenters. The van der Waals surface area contributed by atoms with Crippen LogP contribution in [-0.4, -0.2) is 41.5 Å². The molecule has 0 fully saturated rings. The van der Waals surface area contributed by atoms with E-state index in [1.54, 1.807) is 0 Å². The molecule has 0 radical (unpaired) electrons. The van der Waals surface area contributed by atoms with Gasteiger partial charge in [0.15, 0.2) is 0 Å². The van der Waals surface area contributed by atoms with Gasteiger partial charge in [-0.05, 0) is 20.5 Å². The van der Waals surface area contributed by atoms with Gasteiger partial charge in [0, 0.05) is 24.6 Å². The quantitative estimate of drug-likeness (QED) is 0.807. The maximum absolute atomic E-state index is 6.13. The fourth-order valence-electron chi connectivity index (χ4n) is 1.46. The molecule has 0 amide bonds. The average molecular weight is 271 g/mol. The number of anilines is 1. The first kappa shape index (κ1) is 15.2. The van der Waals surface area contributed by atoms with Crippen molar-refractivity contribution in [2.75, 3.05) is 32.0 Å². The van der Waals surface area contributed by atoms with E-state index in [4.69, 9.17) is 11.6 Å². The van der Waals surface area contributed by atoms with Crippen LogP contribution in [0.5, 0.6) is 0 Å². The van der Waals surface area contributed by atoms with Crippen molar-refractivity contribution >= 4 is 17.4 Å². The smallest absolute Gasteiger partial charge is 0.137 e. The van der Waals surface area contributed by atoms with Gasteiger partial charge in [0.05, 0.1) is 0 Å². The summed E-state index contributed by atoms with van der Waals surface area (Å²) in [5.74, 6) is 1.92. The Balaban J connectivity index is 2.75. The largest absolute Gasteiger partial charge is 0.368 e. The van der Waals surface area contributed by atoms with E-state index >= 15 is 0 Å². The monoisotopic (exact) mass is 270 g/mol. The number of halogens is 1. The van der Waals surface area contributed by atoms with Gasteiger partial charge >= 0.3 is 0 Å². The van der Waals surface area contributed by atoms with E-state index in [2.05, 4.69) is 48.0 Å². The van der Waals surface area contributed by atoms with Crippen molar-refractivity contribution in [3.63, 3.8) is 0 Å². The second-order valence-corrected chi connectivity index (χ2v) is 5.18. The van der Waals surface area contributed by atoms with Crippen LogP contribution in [0.4, 0.5) is 5.82 Å². The van der Waals surface area contributed by atoms with E-state index in [-0.39, 0.29) is 5.92 Å². The summed E-state index contributed by atoms with van der Waals surface area (Å²) in [5, 5.41) is 3.88. The summed E-state index contributed by atoms with van der Waals surface area (Å²) in [4.78, 5) is 11.1. The molecule has 0 saturated carbocycles. The summed E-state index contributed by atoms with van der Waals surface area (Å²) in [7, 11) is 2.10. The second-order valence-electron chi connectivity index (χ2n) is 4.82. The lowest BCUT2D eigenvalue weighted by Crippen LogP contribution is -2.25. The van der Waals surface area contributed by atoms with Crippen LogP contribution in [0.3, 0.4) is 0 Å². The molecule has 0 saturated heterocycles. The van der Waals surface area contributed by atoms with E-state index in [9.17, 15) is 0 Å². The number of hydrogen-bond donors (Lipinski definition) is 1. The van der Waals surface area contributed by atoms with Crippen molar-refractivity contribution in [3.05, 3.63) is 16.5 Å². The van der Waals surface area contributed by atoms with Crippen LogP contribution in [0.15, 0.2) is 0 Å². The molecule has 1 heterocycles. The lowest BCUT2D eigenvalue weighted by molar-refractivity contribution is 0.367. The van der Waals surface area contributed by atoms with Crippen molar-refractivity contribution in [3.8, 4) is 0 Å². The third-order valence-electron chi connectivity index (χ3n) is 2.95. The molecule has 0 aliphatic carbocycles. The number of likely N-dealkylation sites (N-methyl/N-ethyl adjacent to an activating group) is 1. The molecule has 0 unspecified atom stereocenters. The lowest BCUT2D eigenvalue weighted by atomic mass is 10.2. The highest BCUT2D eigenvalue weighted by Crippen LogP contribution is 2.22. The number of hydrogen-bond acceptors (Lipinski definition) is 4. The molecule has 0 aliphatic rings. The van der Waals surface area contributed by atoms with Crippen LogP contribution >= 0.6 is 11.6 Å². The molecule has 1 N–H and O–H groups in total. The molecule has 0 aliphatic heterocycles. The molecular weight excluding hydrogens is 248 g/mol.